The molecule has 4 aromatic rings. The molecule has 5 rings (SSSR count). The zero-order valence-corrected chi connectivity index (χ0v) is 23.6. The fourth-order valence-electron chi connectivity index (χ4n) is 5.09. The summed E-state index contributed by atoms with van der Waals surface area (Å²) in [6.45, 7) is 6.55. The van der Waals surface area contributed by atoms with Crippen LogP contribution in [-0.2, 0) is 21.6 Å². The first-order chi connectivity index (χ1) is 19.7. The van der Waals surface area contributed by atoms with Crippen molar-refractivity contribution in [2.45, 2.75) is 38.8 Å². The summed E-state index contributed by atoms with van der Waals surface area (Å²) >= 11 is 0. The first kappa shape index (κ1) is 27.7. The Hall–Kier alpha value is -4.84. The lowest BCUT2D eigenvalue weighted by Gasteiger charge is -2.26. The molecular formula is C35H33NO5. The molecule has 1 unspecified atom stereocenters. The van der Waals surface area contributed by atoms with Gasteiger partial charge in [-0.25, -0.2) is 0 Å². The Kier molecular flexibility index (Phi) is 7.66. The van der Waals surface area contributed by atoms with Crippen molar-refractivity contribution in [3.63, 3.8) is 0 Å². The van der Waals surface area contributed by atoms with Crippen LogP contribution in [0, 0.1) is 0 Å². The molecule has 0 radical (unpaired) electrons. The molecule has 4 aromatic carbocycles. The van der Waals surface area contributed by atoms with Crippen molar-refractivity contribution in [3.05, 3.63) is 131 Å². The van der Waals surface area contributed by atoms with E-state index in [1.165, 1.54) is 4.90 Å². The molecule has 0 bridgehead atoms. The number of hydrogen-bond donors (Lipinski definition) is 1. The minimum absolute atomic E-state index is 0.0295. The summed E-state index contributed by atoms with van der Waals surface area (Å²) in [6.07, 6.45) is 0. The van der Waals surface area contributed by atoms with E-state index in [0.29, 0.717) is 34.9 Å². The zero-order valence-electron chi connectivity index (χ0n) is 23.6. The van der Waals surface area contributed by atoms with E-state index in [2.05, 4.69) is 0 Å². The van der Waals surface area contributed by atoms with Crippen LogP contribution in [0.15, 0.2) is 109 Å². The van der Waals surface area contributed by atoms with Gasteiger partial charge in [-0.15, -0.1) is 0 Å². The second-order valence-electron chi connectivity index (χ2n) is 11.0. The third kappa shape index (κ3) is 5.59. The molecule has 1 atom stereocenters. The van der Waals surface area contributed by atoms with Crippen molar-refractivity contribution in [1.82, 2.24) is 0 Å². The Morgan fingerprint density at radius 3 is 2.10 bits per heavy atom. The summed E-state index contributed by atoms with van der Waals surface area (Å²) in [6, 6.07) is 30.6. The summed E-state index contributed by atoms with van der Waals surface area (Å²) in [5.41, 5.74) is 3.34. The molecule has 6 heteroatoms. The smallest absolute Gasteiger partial charge is 0.300 e. The molecular weight excluding hydrogens is 514 g/mol. The summed E-state index contributed by atoms with van der Waals surface area (Å²) < 4.78 is 11.5. The summed E-state index contributed by atoms with van der Waals surface area (Å²) in [5.74, 6) is -0.337. The third-order valence-corrected chi connectivity index (χ3v) is 7.20. The Labute approximate surface area is 240 Å². The van der Waals surface area contributed by atoms with Gasteiger partial charge in [0.1, 0.15) is 23.9 Å². The van der Waals surface area contributed by atoms with Crippen molar-refractivity contribution in [2.24, 2.45) is 0 Å². The van der Waals surface area contributed by atoms with Crippen LogP contribution in [0.3, 0.4) is 0 Å². The highest BCUT2D eigenvalue weighted by molar-refractivity contribution is 6.51. The van der Waals surface area contributed by atoms with Crippen molar-refractivity contribution < 1.29 is 24.2 Å². The van der Waals surface area contributed by atoms with Gasteiger partial charge >= 0.3 is 0 Å². The maximum atomic E-state index is 13.6. The van der Waals surface area contributed by atoms with Crippen LogP contribution in [0.1, 0.15) is 49.1 Å². The predicted molar refractivity (Wildman–Crippen MR) is 160 cm³/mol. The lowest BCUT2D eigenvalue weighted by Crippen LogP contribution is -2.29. The van der Waals surface area contributed by atoms with E-state index in [-0.39, 0.29) is 16.7 Å². The fraction of sp³-hybridized carbons (Fsp3) is 0.200. The van der Waals surface area contributed by atoms with Gasteiger partial charge in [0.05, 0.1) is 18.7 Å². The number of anilines is 1. The van der Waals surface area contributed by atoms with Gasteiger partial charge < -0.3 is 14.6 Å². The van der Waals surface area contributed by atoms with E-state index in [1.807, 2.05) is 99.6 Å². The lowest BCUT2D eigenvalue weighted by atomic mass is 9.84. The van der Waals surface area contributed by atoms with Gasteiger partial charge in [-0.3, -0.25) is 14.5 Å². The molecule has 1 aliphatic heterocycles. The maximum Gasteiger partial charge on any atom is 0.300 e. The second-order valence-corrected chi connectivity index (χ2v) is 11.0. The Balaban J connectivity index is 1.59. The minimum Gasteiger partial charge on any atom is -0.507 e. The number of Topliss-reactive ketones (excluding diaryl/α,β-unsaturated/α-hetero) is 1. The molecule has 1 amide bonds. The largest absolute Gasteiger partial charge is 0.507 e. The highest BCUT2D eigenvalue weighted by Crippen LogP contribution is 2.43. The Bertz CT molecular complexity index is 1590. The molecule has 1 aliphatic rings. The van der Waals surface area contributed by atoms with E-state index in [4.69, 9.17) is 9.47 Å². The van der Waals surface area contributed by atoms with Crippen LogP contribution >= 0.6 is 0 Å². The number of para-hydroxylation sites is 1. The van der Waals surface area contributed by atoms with Crippen molar-refractivity contribution >= 4 is 23.1 Å². The van der Waals surface area contributed by atoms with E-state index in [0.717, 1.165) is 11.1 Å². The first-order valence-electron chi connectivity index (χ1n) is 13.5. The summed E-state index contributed by atoms with van der Waals surface area (Å²) in [4.78, 5) is 28.5. The number of ketones is 1. The average Bonchev–Trinajstić information content (AvgIpc) is 3.26. The van der Waals surface area contributed by atoms with Gasteiger partial charge in [0.25, 0.3) is 11.7 Å². The van der Waals surface area contributed by atoms with Gasteiger partial charge in [-0.05, 0) is 59.0 Å². The molecule has 0 aliphatic carbocycles. The molecule has 1 fully saturated rings. The first-order valence-corrected chi connectivity index (χ1v) is 13.5. The summed E-state index contributed by atoms with van der Waals surface area (Å²) in [5, 5.41) is 11.6. The third-order valence-electron chi connectivity index (χ3n) is 7.20. The predicted octanol–water partition coefficient (Wildman–Crippen LogP) is 7.20. The molecule has 0 saturated carbocycles. The molecule has 208 valence electrons. The lowest BCUT2D eigenvalue weighted by molar-refractivity contribution is -0.132. The topological polar surface area (TPSA) is 76.1 Å². The van der Waals surface area contributed by atoms with Crippen LogP contribution in [0.4, 0.5) is 5.69 Å². The van der Waals surface area contributed by atoms with Crippen molar-refractivity contribution in [2.75, 3.05) is 12.0 Å². The van der Waals surface area contributed by atoms with Gasteiger partial charge in [0, 0.05) is 16.8 Å². The fourth-order valence-corrected chi connectivity index (χ4v) is 5.09. The quantitative estimate of drug-likeness (QED) is 0.150. The molecule has 1 N–H and O–H groups in total. The van der Waals surface area contributed by atoms with Crippen LogP contribution < -0.4 is 14.4 Å². The molecule has 41 heavy (non-hydrogen) atoms. The molecule has 1 heterocycles. The SMILES string of the molecule is COc1ccc(/C(O)=C2/C(=O)C(=O)N(c3ccccc3)C2c2ccc(OCc3ccccc3)cc2)cc1C(C)(C)C. The standard InChI is InChI=1S/C35H33NO5/c1-35(2,3)28-21-25(17-20-29(28)40-4)32(37)30-31(36(34(39)33(30)38)26-13-9-6-10-14-26)24-15-18-27(19-16-24)41-22-23-11-7-5-8-12-23/h5-21,31,37H,22H2,1-4H3/b32-30-. The van der Waals surface area contributed by atoms with E-state index in [9.17, 15) is 14.7 Å². The monoisotopic (exact) mass is 547 g/mol. The van der Waals surface area contributed by atoms with E-state index in [1.54, 1.807) is 31.4 Å². The molecule has 6 nitrogen and oxygen atoms in total. The number of amides is 1. The van der Waals surface area contributed by atoms with Crippen LogP contribution in [-0.4, -0.2) is 23.9 Å². The number of nitrogens with zero attached hydrogens (tertiary/aromatic N) is 1. The maximum absolute atomic E-state index is 13.6. The number of aliphatic hydroxyl groups is 1. The number of benzene rings is 4. The van der Waals surface area contributed by atoms with Crippen molar-refractivity contribution in [1.29, 1.82) is 0 Å². The number of ether oxygens (including phenoxy) is 2. The molecule has 0 aromatic heterocycles. The number of carbonyl (C=O) groups excluding carboxylic acids is 2. The highest BCUT2D eigenvalue weighted by atomic mass is 16.5. The van der Waals surface area contributed by atoms with Crippen LogP contribution in [0.2, 0.25) is 0 Å². The van der Waals surface area contributed by atoms with Gasteiger partial charge in [-0.2, -0.15) is 0 Å². The van der Waals surface area contributed by atoms with Crippen LogP contribution in [0.25, 0.3) is 5.76 Å². The minimum atomic E-state index is -0.833. The highest BCUT2D eigenvalue weighted by Gasteiger charge is 2.47. The van der Waals surface area contributed by atoms with Crippen molar-refractivity contribution in [3.8, 4) is 11.5 Å². The van der Waals surface area contributed by atoms with Gasteiger partial charge in [0.2, 0.25) is 0 Å². The normalized spacial score (nSPS) is 16.6. The Morgan fingerprint density at radius 1 is 0.854 bits per heavy atom. The van der Waals surface area contributed by atoms with Gasteiger partial charge in [0.15, 0.2) is 0 Å². The molecule has 0 spiro atoms. The second kappa shape index (κ2) is 11.3. The Morgan fingerprint density at radius 2 is 1.49 bits per heavy atom. The number of hydrogen-bond acceptors (Lipinski definition) is 5. The van der Waals surface area contributed by atoms with E-state index < -0.39 is 17.7 Å². The zero-order chi connectivity index (χ0) is 29.1. The van der Waals surface area contributed by atoms with E-state index >= 15 is 0 Å². The van der Waals surface area contributed by atoms with Crippen LogP contribution in [0.5, 0.6) is 11.5 Å². The number of rotatable bonds is 7. The number of carbonyl (C=O) groups is 2. The summed E-state index contributed by atoms with van der Waals surface area (Å²) in [7, 11) is 1.60. The molecule has 1 saturated heterocycles. The van der Waals surface area contributed by atoms with Gasteiger partial charge in [-0.1, -0.05) is 81.4 Å². The average molecular weight is 548 g/mol. The number of aliphatic hydroxyl groups excluding tert-OH is 1. The number of methoxy groups -OCH3 is 1.